The Balaban J connectivity index is 2.45. The average Bonchev–Trinajstić information content (AvgIpc) is 2.24. The SMILES string of the molecule is O=C(O)CCSSc1cc([N+](=O)[O-])ccn1. The van der Waals surface area contributed by atoms with Crippen LogP contribution in [0.4, 0.5) is 5.69 Å². The van der Waals surface area contributed by atoms with Crippen LogP contribution in [0.15, 0.2) is 23.4 Å². The number of nitrogens with zero attached hydrogens (tertiary/aromatic N) is 2. The zero-order chi connectivity index (χ0) is 12.0. The molecule has 0 aliphatic carbocycles. The Labute approximate surface area is 99.0 Å². The van der Waals surface area contributed by atoms with Gasteiger partial charge in [-0.05, 0) is 10.8 Å². The first-order valence-electron chi connectivity index (χ1n) is 4.21. The van der Waals surface area contributed by atoms with Crippen LogP contribution in [0.25, 0.3) is 0 Å². The smallest absolute Gasteiger partial charge is 0.304 e. The number of hydrogen-bond donors (Lipinski definition) is 1. The van der Waals surface area contributed by atoms with E-state index < -0.39 is 10.9 Å². The molecule has 86 valence electrons. The molecule has 1 aromatic rings. The van der Waals surface area contributed by atoms with Crippen molar-refractivity contribution in [1.82, 2.24) is 4.98 Å². The largest absolute Gasteiger partial charge is 0.481 e. The Hall–Kier alpha value is -1.28. The van der Waals surface area contributed by atoms with Gasteiger partial charge in [0.2, 0.25) is 0 Å². The van der Waals surface area contributed by atoms with Crippen LogP contribution < -0.4 is 0 Å². The fourth-order valence-electron chi connectivity index (χ4n) is 0.789. The number of carboxylic acids is 1. The molecular formula is C8H8N2O4S2. The summed E-state index contributed by atoms with van der Waals surface area (Å²) in [5.74, 6) is -0.426. The molecule has 6 nitrogen and oxygen atoms in total. The minimum atomic E-state index is -0.861. The van der Waals surface area contributed by atoms with Crippen molar-refractivity contribution in [3.05, 3.63) is 28.4 Å². The normalized spacial score (nSPS) is 10.0. The lowest BCUT2D eigenvalue weighted by Crippen LogP contribution is -1.94. The van der Waals surface area contributed by atoms with Gasteiger partial charge in [-0.15, -0.1) is 0 Å². The van der Waals surface area contributed by atoms with Crippen LogP contribution in [-0.2, 0) is 4.79 Å². The van der Waals surface area contributed by atoms with Crippen molar-refractivity contribution in [2.75, 3.05) is 5.75 Å². The molecule has 8 heteroatoms. The number of pyridine rings is 1. The third-order valence-electron chi connectivity index (χ3n) is 1.47. The minimum absolute atomic E-state index is 0.0173. The van der Waals surface area contributed by atoms with Crippen LogP contribution in [0.3, 0.4) is 0 Å². The van der Waals surface area contributed by atoms with Crippen LogP contribution in [0, 0.1) is 10.1 Å². The molecule has 0 spiro atoms. The standard InChI is InChI=1S/C8H8N2O4S2/c11-8(12)2-4-15-16-7-5-6(10(13)14)1-3-9-7/h1,3,5H,2,4H2,(H,11,12). The van der Waals surface area contributed by atoms with Crippen LogP contribution in [0.1, 0.15) is 6.42 Å². The van der Waals surface area contributed by atoms with E-state index in [-0.39, 0.29) is 12.1 Å². The second kappa shape index (κ2) is 6.33. The summed E-state index contributed by atoms with van der Waals surface area (Å²) in [6.07, 6.45) is 1.42. The van der Waals surface area contributed by atoms with Crippen molar-refractivity contribution in [2.45, 2.75) is 11.4 Å². The molecule has 1 aromatic heterocycles. The van der Waals surface area contributed by atoms with Crippen LogP contribution in [0.2, 0.25) is 0 Å². The second-order valence-electron chi connectivity index (χ2n) is 2.66. The Kier molecular flexibility index (Phi) is 5.06. The van der Waals surface area contributed by atoms with Crippen LogP contribution in [0.5, 0.6) is 0 Å². The molecule has 0 saturated carbocycles. The Bertz CT molecular complexity index is 399. The first-order chi connectivity index (χ1) is 7.59. The summed E-state index contributed by atoms with van der Waals surface area (Å²) in [6.45, 7) is 0. The highest BCUT2D eigenvalue weighted by molar-refractivity contribution is 8.76. The van der Waals surface area contributed by atoms with Crippen LogP contribution >= 0.6 is 21.6 Å². The predicted molar refractivity (Wildman–Crippen MR) is 61.5 cm³/mol. The number of rotatable bonds is 6. The quantitative estimate of drug-likeness (QED) is 0.362. The minimum Gasteiger partial charge on any atom is -0.481 e. The van der Waals surface area contributed by atoms with Gasteiger partial charge in [0.15, 0.2) is 0 Å². The molecule has 16 heavy (non-hydrogen) atoms. The summed E-state index contributed by atoms with van der Waals surface area (Å²) in [5.41, 5.74) is -0.0173. The highest BCUT2D eigenvalue weighted by Crippen LogP contribution is 2.31. The van der Waals surface area contributed by atoms with Crippen LogP contribution in [-0.4, -0.2) is 26.7 Å². The van der Waals surface area contributed by atoms with Crippen molar-refractivity contribution >= 4 is 33.2 Å². The summed E-state index contributed by atoms with van der Waals surface area (Å²) in [6, 6.07) is 2.67. The maximum absolute atomic E-state index is 10.5. The summed E-state index contributed by atoms with van der Waals surface area (Å²) in [7, 11) is 2.54. The number of hydrogen-bond acceptors (Lipinski definition) is 6. The van der Waals surface area contributed by atoms with E-state index in [1.165, 1.54) is 39.9 Å². The van der Waals surface area contributed by atoms with Gasteiger partial charge in [0.1, 0.15) is 5.03 Å². The molecular weight excluding hydrogens is 252 g/mol. The summed E-state index contributed by atoms with van der Waals surface area (Å²) in [5, 5.41) is 19.4. The molecule has 0 aromatic carbocycles. The van der Waals surface area contributed by atoms with Gasteiger partial charge in [0.05, 0.1) is 11.3 Å². The highest BCUT2D eigenvalue weighted by Gasteiger charge is 2.07. The topological polar surface area (TPSA) is 93.3 Å². The fraction of sp³-hybridized carbons (Fsp3) is 0.250. The molecule has 0 amide bonds. The predicted octanol–water partition coefficient (Wildman–Crippen LogP) is 2.20. The van der Waals surface area contributed by atoms with E-state index in [2.05, 4.69) is 4.98 Å². The van der Waals surface area contributed by atoms with Crippen molar-refractivity contribution in [2.24, 2.45) is 0 Å². The van der Waals surface area contributed by atoms with Gasteiger partial charge >= 0.3 is 5.97 Å². The average molecular weight is 260 g/mol. The maximum atomic E-state index is 10.5. The number of aromatic nitrogens is 1. The van der Waals surface area contributed by atoms with Crippen molar-refractivity contribution in [3.63, 3.8) is 0 Å². The zero-order valence-electron chi connectivity index (χ0n) is 8.03. The third kappa shape index (κ3) is 4.49. The van der Waals surface area contributed by atoms with Crippen molar-refractivity contribution in [3.8, 4) is 0 Å². The van der Waals surface area contributed by atoms with E-state index in [4.69, 9.17) is 5.11 Å². The first-order valence-corrected chi connectivity index (χ1v) is 6.53. The van der Waals surface area contributed by atoms with E-state index in [0.717, 1.165) is 0 Å². The first kappa shape index (κ1) is 12.8. The Morgan fingerprint density at radius 1 is 1.62 bits per heavy atom. The molecule has 1 heterocycles. The zero-order valence-corrected chi connectivity index (χ0v) is 9.66. The van der Waals surface area contributed by atoms with Gasteiger partial charge in [0, 0.05) is 24.1 Å². The fourth-order valence-corrected chi connectivity index (χ4v) is 2.66. The summed E-state index contributed by atoms with van der Waals surface area (Å²) >= 11 is 0. The molecule has 1 N–H and O–H groups in total. The number of nitro groups is 1. The number of carbonyl (C=O) groups is 1. The van der Waals surface area contributed by atoms with Crippen molar-refractivity contribution in [1.29, 1.82) is 0 Å². The van der Waals surface area contributed by atoms with Gasteiger partial charge in [-0.3, -0.25) is 14.9 Å². The lowest BCUT2D eigenvalue weighted by Gasteiger charge is -1.98. The molecule has 0 unspecified atom stereocenters. The molecule has 0 aliphatic heterocycles. The summed E-state index contributed by atoms with van der Waals surface area (Å²) in [4.78, 5) is 24.1. The van der Waals surface area contributed by atoms with E-state index in [1.54, 1.807) is 0 Å². The maximum Gasteiger partial charge on any atom is 0.304 e. The van der Waals surface area contributed by atoms with Gasteiger partial charge in [-0.25, -0.2) is 4.98 Å². The third-order valence-corrected chi connectivity index (χ3v) is 3.72. The molecule has 0 saturated heterocycles. The van der Waals surface area contributed by atoms with Gasteiger partial charge in [-0.2, -0.15) is 0 Å². The van der Waals surface area contributed by atoms with Crippen molar-refractivity contribution < 1.29 is 14.8 Å². The molecule has 0 atom stereocenters. The lowest BCUT2D eigenvalue weighted by molar-refractivity contribution is -0.385. The van der Waals surface area contributed by atoms with Gasteiger partial charge in [0.25, 0.3) is 5.69 Å². The van der Waals surface area contributed by atoms with E-state index in [9.17, 15) is 14.9 Å². The molecule has 0 fully saturated rings. The van der Waals surface area contributed by atoms with E-state index in [0.29, 0.717) is 10.8 Å². The Morgan fingerprint density at radius 3 is 3.00 bits per heavy atom. The molecule has 1 rings (SSSR count). The monoisotopic (exact) mass is 260 g/mol. The number of aliphatic carboxylic acids is 1. The van der Waals surface area contributed by atoms with E-state index >= 15 is 0 Å². The summed E-state index contributed by atoms with van der Waals surface area (Å²) < 4.78 is 0. The molecule has 0 radical (unpaired) electrons. The van der Waals surface area contributed by atoms with Gasteiger partial charge in [-0.1, -0.05) is 10.8 Å². The highest BCUT2D eigenvalue weighted by atomic mass is 33.1. The molecule has 0 bridgehead atoms. The van der Waals surface area contributed by atoms with Gasteiger partial charge < -0.3 is 5.11 Å². The number of carboxylic acid groups (broad SMARTS) is 1. The van der Waals surface area contributed by atoms with E-state index in [1.807, 2.05) is 0 Å². The second-order valence-corrected chi connectivity index (χ2v) is 5.09. The Morgan fingerprint density at radius 2 is 2.38 bits per heavy atom. The molecule has 0 aliphatic rings. The lowest BCUT2D eigenvalue weighted by atomic mass is 10.4.